The van der Waals surface area contributed by atoms with Crippen molar-refractivity contribution in [3.8, 4) is 0 Å². The van der Waals surface area contributed by atoms with Gasteiger partial charge in [-0.15, -0.1) is 0 Å². The Kier molecular flexibility index (Phi) is 5.31. The molecule has 0 aliphatic heterocycles. The molecule has 0 atom stereocenters. The number of oxime groups is 1. The molecular weight excluding hydrogens is 234 g/mol. The first kappa shape index (κ1) is 14.7. The van der Waals surface area contributed by atoms with Gasteiger partial charge in [0.1, 0.15) is 5.60 Å². The minimum Gasteiger partial charge on any atom is -0.461 e. The van der Waals surface area contributed by atoms with E-state index in [-0.39, 0.29) is 17.9 Å². The first-order valence-electron chi connectivity index (χ1n) is 6.43. The Balaban J connectivity index is 2.70. The first-order chi connectivity index (χ1) is 8.48. The van der Waals surface area contributed by atoms with Gasteiger partial charge in [-0.1, -0.05) is 11.6 Å². The van der Waals surface area contributed by atoms with Crippen molar-refractivity contribution >= 4 is 17.5 Å². The van der Waals surface area contributed by atoms with Crippen molar-refractivity contribution in [2.75, 3.05) is 6.61 Å². The van der Waals surface area contributed by atoms with E-state index in [0.717, 1.165) is 25.7 Å². The molecule has 0 unspecified atom stereocenters. The largest absolute Gasteiger partial charge is 0.461 e. The number of carbonyl (C=O) groups excluding carboxylic acids is 2. The third kappa shape index (κ3) is 4.13. The topological polar surface area (TPSA) is 65.0 Å². The highest BCUT2D eigenvalue weighted by Crippen LogP contribution is 2.31. The molecule has 0 spiro atoms. The molecule has 1 aliphatic rings. The van der Waals surface area contributed by atoms with Crippen LogP contribution in [0.4, 0.5) is 0 Å². The van der Waals surface area contributed by atoms with Crippen LogP contribution in [0, 0.1) is 0 Å². The Morgan fingerprint density at radius 3 is 2.33 bits per heavy atom. The second-order valence-corrected chi connectivity index (χ2v) is 4.82. The molecule has 5 nitrogen and oxygen atoms in total. The van der Waals surface area contributed by atoms with Crippen molar-refractivity contribution in [3.05, 3.63) is 0 Å². The van der Waals surface area contributed by atoms with Crippen LogP contribution in [0.15, 0.2) is 5.16 Å². The third-order valence-corrected chi connectivity index (χ3v) is 3.07. The monoisotopic (exact) mass is 255 g/mol. The van der Waals surface area contributed by atoms with Crippen LogP contribution in [0.25, 0.3) is 0 Å². The van der Waals surface area contributed by atoms with Gasteiger partial charge in [0.2, 0.25) is 5.71 Å². The standard InChI is InChI=1S/C13H21NO4/c1-4-17-12(16)11(10(2)15)14-18-13(3)8-6-5-7-9-13/h4-9H2,1-3H3. The fourth-order valence-corrected chi connectivity index (χ4v) is 1.99. The zero-order chi connectivity index (χ0) is 13.6. The fraction of sp³-hybridized carbons (Fsp3) is 0.769. The van der Waals surface area contributed by atoms with Crippen LogP contribution in [0.5, 0.6) is 0 Å². The minimum atomic E-state index is -0.718. The Labute approximate surface area is 108 Å². The van der Waals surface area contributed by atoms with Crippen LogP contribution >= 0.6 is 0 Å². The van der Waals surface area contributed by atoms with Crippen LogP contribution in [0.2, 0.25) is 0 Å². The number of nitrogens with zero attached hydrogens (tertiary/aromatic N) is 1. The number of ketones is 1. The van der Waals surface area contributed by atoms with Gasteiger partial charge in [-0.05, 0) is 39.5 Å². The molecule has 0 bridgehead atoms. The molecule has 102 valence electrons. The van der Waals surface area contributed by atoms with Crippen molar-refractivity contribution in [3.63, 3.8) is 0 Å². The minimum absolute atomic E-state index is 0.211. The van der Waals surface area contributed by atoms with Crippen molar-refractivity contribution in [1.82, 2.24) is 0 Å². The van der Waals surface area contributed by atoms with Crippen LogP contribution in [-0.4, -0.2) is 29.7 Å². The van der Waals surface area contributed by atoms with E-state index in [1.165, 1.54) is 13.3 Å². The third-order valence-electron chi connectivity index (χ3n) is 3.07. The number of hydrogen-bond donors (Lipinski definition) is 0. The molecule has 0 amide bonds. The molecular formula is C13H21NO4. The SMILES string of the molecule is CCOC(=O)C(=NOC1(C)CCCCC1)C(C)=O. The van der Waals surface area contributed by atoms with E-state index in [1.54, 1.807) is 6.92 Å². The number of hydrogen-bond acceptors (Lipinski definition) is 5. The Bertz CT molecular complexity index is 343. The van der Waals surface area contributed by atoms with Crippen molar-refractivity contribution < 1.29 is 19.2 Å². The molecule has 0 radical (unpaired) electrons. The highest BCUT2D eigenvalue weighted by molar-refractivity contribution is 6.63. The van der Waals surface area contributed by atoms with Gasteiger partial charge >= 0.3 is 5.97 Å². The van der Waals surface area contributed by atoms with Gasteiger partial charge in [0.05, 0.1) is 6.61 Å². The van der Waals surface area contributed by atoms with Crippen LogP contribution in [0.1, 0.15) is 52.9 Å². The molecule has 0 aromatic carbocycles. The lowest BCUT2D eigenvalue weighted by molar-refractivity contribution is -0.136. The predicted molar refractivity (Wildman–Crippen MR) is 67.3 cm³/mol. The van der Waals surface area contributed by atoms with E-state index in [1.807, 2.05) is 6.92 Å². The summed E-state index contributed by atoms with van der Waals surface area (Å²) >= 11 is 0. The quantitative estimate of drug-likeness (QED) is 0.327. The average Bonchev–Trinajstić information content (AvgIpc) is 2.29. The molecule has 1 saturated carbocycles. The Hall–Kier alpha value is -1.39. The summed E-state index contributed by atoms with van der Waals surface area (Å²) in [5.41, 5.74) is -0.630. The number of ether oxygens (including phenoxy) is 1. The highest BCUT2D eigenvalue weighted by atomic mass is 16.7. The zero-order valence-corrected chi connectivity index (χ0v) is 11.3. The molecule has 18 heavy (non-hydrogen) atoms. The summed E-state index contributed by atoms with van der Waals surface area (Å²) < 4.78 is 4.77. The Morgan fingerprint density at radius 1 is 1.22 bits per heavy atom. The van der Waals surface area contributed by atoms with Crippen molar-refractivity contribution in [1.29, 1.82) is 0 Å². The number of Topliss-reactive ketones (excluding diaryl/α,β-unsaturated/α-hetero) is 1. The summed E-state index contributed by atoms with van der Waals surface area (Å²) in [5, 5.41) is 3.73. The normalized spacial score (nSPS) is 19.2. The van der Waals surface area contributed by atoms with Gasteiger partial charge in [0, 0.05) is 6.92 Å². The highest BCUT2D eigenvalue weighted by Gasteiger charge is 2.30. The van der Waals surface area contributed by atoms with E-state index in [2.05, 4.69) is 5.16 Å². The lowest BCUT2D eigenvalue weighted by Gasteiger charge is -2.30. The van der Waals surface area contributed by atoms with Crippen molar-refractivity contribution in [2.24, 2.45) is 5.16 Å². The van der Waals surface area contributed by atoms with E-state index in [9.17, 15) is 9.59 Å². The maximum Gasteiger partial charge on any atom is 0.364 e. The van der Waals surface area contributed by atoms with E-state index >= 15 is 0 Å². The molecule has 1 aliphatic carbocycles. The first-order valence-corrected chi connectivity index (χ1v) is 6.43. The van der Waals surface area contributed by atoms with Crippen LogP contribution in [0.3, 0.4) is 0 Å². The Morgan fingerprint density at radius 2 is 1.83 bits per heavy atom. The molecule has 1 fully saturated rings. The summed E-state index contributed by atoms with van der Waals surface area (Å²) in [6.07, 6.45) is 5.15. The number of carbonyl (C=O) groups is 2. The number of esters is 1. The summed E-state index contributed by atoms with van der Waals surface area (Å²) in [6.45, 7) is 5.13. The molecule has 0 aromatic heterocycles. The predicted octanol–water partition coefficient (Wildman–Crippen LogP) is 2.23. The average molecular weight is 255 g/mol. The van der Waals surface area contributed by atoms with E-state index in [4.69, 9.17) is 9.57 Å². The zero-order valence-electron chi connectivity index (χ0n) is 11.3. The number of rotatable bonds is 5. The van der Waals surface area contributed by atoms with Crippen LogP contribution < -0.4 is 0 Å². The lowest BCUT2D eigenvalue weighted by atomic mass is 9.87. The maximum atomic E-state index is 11.5. The smallest absolute Gasteiger partial charge is 0.364 e. The van der Waals surface area contributed by atoms with Crippen LogP contribution in [-0.2, 0) is 19.2 Å². The van der Waals surface area contributed by atoms with Crippen molar-refractivity contribution in [2.45, 2.75) is 58.5 Å². The molecule has 1 rings (SSSR count). The summed E-state index contributed by atoms with van der Waals surface area (Å²) in [6, 6.07) is 0. The van der Waals surface area contributed by atoms with Gasteiger partial charge in [-0.3, -0.25) is 4.79 Å². The summed E-state index contributed by atoms with van der Waals surface area (Å²) in [4.78, 5) is 28.3. The molecule has 0 saturated heterocycles. The second kappa shape index (κ2) is 6.52. The van der Waals surface area contributed by atoms with Gasteiger partial charge in [-0.25, -0.2) is 4.79 Å². The lowest BCUT2D eigenvalue weighted by Crippen LogP contribution is -2.32. The maximum absolute atomic E-state index is 11.5. The molecule has 0 N–H and O–H groups in total. The van der Waals surface area contributed by atoms with Gasteiger partial charge in [-0.2, -0.15) is 0 Å². The fourth-order valence-electron chi connectivity index (χ4n) is 1.99. The molecule has 0 aromatic rings. The van der Waals surface area contributed by atoms with Gasteiger partial charge in [0.15, 0.2) is 5.78 Å². The van der Waals surface area contributed by atoms with Gasteiger partial charge in [0.25, 0.3) is 0 Å². The van der Waals surface area contributed by atoms with Gasteiger partial charge < -0.3 is 9.57 Å². The molecule has 0 heterocycles. The second-order valence-electron chi connectivity index (χ2n) is 4.82. The van der Waals surface area contributed by atoms with E-state index < -0.39 is 11.8 Å². The summed E-state index contributed by atoms with van der Waals surface area (Å²) in [7, 11) is 0. The van der Waals surface area contributed by atoms with E-state index in [0.29, 0.717) is 0 Å². The summed E-state index contributed by atoms with van der Waals surface area (Å²) in [5.74, 6) is -1.16. The molecule has 5 heteroatoms.